The number of rotatable bonds is 0. The molecule has 0 amide bonds. The number of ether oxygens (including phenoxy) is 2. The first kappa shape index (κ1) is 16.8. The quantitative estimate of drug-likeness (QED) is 0.528. The first-order chi connectivity index (χ1) is 11.8. The van der Waals surface area contributed by atoms with Crippen LogP contribution in [0.4, 0.5) is 0 Å². The minimum Gasteiger partial charge on any atom is -0.486 e. The fraction of sp³-hybridized carbons (Fsp3) is 0.737. The van der Waals surface area contributed by atoms with E-state index in [0.29, 0.717) is 31.4 Å². The van der Waals surface area contributed by atoms with Crippen molar-refractivity contribution in [2.24, 2.45) is 23.7 Å². The van der Waals surface area contributed by atoms with Gasteiger partial charge in [-0.25, -0.2) is 4.79 Å². The molecule has 5 rings (SSSR count). The van der Waals surface area contributed by atoms with Crippen molar-refractivity contribution in [1.29, 1.82) is 0 Å². The van der Waals surface area contributed by atoms with Crippen LogP contribution in [0.5, 0.6) is 0 Å². The van der Waals surface area contributed by atoms with Gasteiger partial charge in [0, 0.05) is 30.6 Å². The number of aliphatic hydroxyl groups excluding tert-OH is 1. The summed E-state index contributed by atoms with van der Waals surface area (Å²) in [5, 5.41) is 10.8. The SMILES string of the molecule is C[C@@H]1C[C@H](C)C(=O)CCC2[C@H](O)[C@@H]3OC4=C(C(=O)O[C@@]42C[C@H]3C)C1=O. The zero-order valence-electron chi connectivity index (χ0n) is 14.8. The molecule has 0 aromatic heterocycles. The van der Waals surface area contributed by atoms with Crippen LogP contribution in [-0.4, -0.2) is 40.5 Å². The number of Topliss-reactive ketones (excluding diaryl/α,β-unsaturated/α-hetero) is 2. The molecule has 136 valence electrons. The van der Waals surface area contributed by atoms with E-state index >= 15 is 0 Å². The highest BCUT2D eigenvalue weighted by molar-refractivity contribution is 6.20. The molecule has 1 N–H and O–H groups in total. The van der Waals surface area contributed by atoms with Crippen molar-refractivity contribution in [3.05, 3.63) is 11.3 Å². The van der Waals surface area contributed by atoms with Gasteiger partial charge in [-0.1, -0.05) is 20.8 Å². The molecule has 1 unspecified atom stereocenters. The monoisotopic (exact) mass is 348 g/mol. The lowest BCUT2D eigenvalue weighted by Gasteiger charge is -2.55. The van der Waals surface area contributed by atoms with Crippen LogP contribution >= 0.6 is 0 Å². The largest absolute Gasteiger partial charge is 0.486 e. The molecule has 1 spiro atoms. The van der Waals surface area contributed by atoms with Gasteiger partial charge >= 0.3 is 5.97 Å². The maximum atomic E-state index is 12.9. The molecule has 0 aromatic rings. The first-order valence-corrected chi connectivity index (χ1v) is 9.16. The molecular weight excluding hydrogens is 324 g/mol. The molecule has 1 saturated carbocycles. The van der Waals surface area contributed by atoms with E-state index in [2.05, 4.69) is 0 Å². The van der Waals surface area contributed by atoms with Gasteiger partial charge in [0.2, 0.25) is 0 Å². The summed E-state index contributed by atoms with van der Waals surface area (Å²) in [5.74, 6) is -1.64. The number of aliphatic hydroxyl groups is 1. The van der Waals surface area contributed by atoms with Gasteiger partial charge in [-0.15, -0.1) is 0 Å². The Balaban J connectivity index is 1.87. The minimum atomic E-state index is -1.09. The Morgan fingerprint density at radius 3 is 2.56 bits per heavy atom. The molecule has 0 radical (unpaired) electrons. The van der Waals surface area contributed by atoms with Gasteiger partial charge in [-0.3, -0.25) is 9.59 Å². The highest BCUT2D eigenvalue weighted by Crippen LogP contribution is 2.57. The smallest absolute Gasteiger partial charge is 0.346 e. The van der Waals surface area contributed by atoms with Crippen LogP contribution in [0.3, 0.4) is 0 Å². The summed E-state index contributed by atoms with van der Waals surface area (Å²) in [6.07, 6.45) is 0.395. The Bertz CT molecular complexity index is 694. The van der Waals surface area contributed by atoms with Crippen molar-refractivity contribution >= 4 is 17.5 Å². The Morgan fingerprint density at radius 1 is 1.12 bits per heavy atom. The number of carbonyl (C=O) groups excluding carboxylic acids is 3. The zero-order chi connectivity index (χ0) is 18.1. The van der Waals surface area contributed by atoms with Crippen LogP contribution < -0.4 is 0 Å². The molecule has 7 atom stereocenters. The fourth-order valence-electron chi connectivity index (χ4n) is 5.19. The van der Waals surface area contributed by atoms with Crippen molar-refractivity contribution in [2.45, 2.75) is 64.3 Å². The van der Waals surface area contributed by atoms with Crippen molar-refractivity contribution in [3.63, 3.8) is 0 Å². The molecule has 2 saturated heterocycles. The summed E-state index contributed by atoms with van der Waals surface area (Å²) < 4.78 is 11.7. The van der Waals surface area contributed by atoms with Crippen LogP contribution in [0.15, 0.2) is 11.3 Å². The first-order valence-electron chi connectivity index (χ1n) is 9.16. The van der Waals surface area contributed by atoms with Gasteiger partial charge in [0.15, 0.2) is 17.1 Å². The number of ketones is 2. The molecule has 0 aromatic carbocycles. The molecule has 25 heavy (non-hydrogen) atoms. The Labute approximate surface area is 146 Å². The minimum absolute atomic E-state index is 0.00264. The summed E-state index contributed by atoms with van der Waals surface area (Å²) in [6.45, 7) is 5.51. The predicted molar refractivity (Wildman–Crippen MR) is 86.2 cm³/mol. The molecule has 5 bridgehead atoms. The number of carbonyl (C=O) groups is 3. The lowest BCUT2D eigenvalue weighted by molar-refractivity contribution is -0.232. The highest BCUT2D eigenvalue weighted by atomic mass is 16.6. The van der Waals surface area contributed by atoms with Gasteiger partial charge in [-0.05, 0) is 18.8 Å². The molecule has 3 fully saturated rings. The van der Waals surface area contributed by atoms with E-state index in [-0.39, 0.29) is 29.0 Å². The Kier molecular flexibility index (Phi) is 3.62. The van der Waals surface area contributed by atoms with E-state index < -0.39 is 35.6 Å². The van der Waals surface area contributed by atoms with E-state index in [1.54, 1.807) is 6.92 Å². The molecular formula is C19H24O6. The van der Waals surface area contributed by atoms with Crippen molar-refractivity contribution in [1.82, 2.24) is 0 Å². The summed E-state index contributed by atoms with van der Waals surface area (Å²) >= 11 is 0. The van der Waals surface area contributed by atoms with E-state index in [0.717, 1.165) is 0 Å². The lowest BCUT2D eigenvalue weighted by atomic mass is 9.63. The molecule has 5 aliphatic rings. The molecule has 6 nitrogen and oxygen atoms in total. The fourth-order valence-corrected chi connectivity index (χ4v) is 5.19. The topological polar surface area (TPSA) is 89.9 Å². The van der Waals surface area contributed by atoms with Crippen molar-refractivity contribution in [3.8, 4) is 0 Å². The second-order valence-corrected chi connectivity index (χ2v) is 8.25. The van der Waals surface area contributed by atoms with Crippen molar-refractivity contribution < 1.29 is 29.0 Å². The standard InChI is InChI=1S/C19H24O6/c1-8-6-9(2)14(21)13-17-19(25-18(13)23)7-10(3)16(24-17)15(22)11(19)4-5-12(8)20/h8-11,15-16,22H,4-7H2,1-3H3/t8-,9+,10+,11?,15-,16+,19+/m0/s1. The van der Waals surface area contributed by atoms with Gasteiger partial charge < -0.3 is 14.6 Å². The third kappa shape index (κ3) is 2.16. The second-order valence-electron chi connectivity index (χ2n) is 8.25. The van der Waals surface area contributed by atoms with Gasteiger partial charge in [-0.2, -0.15) is 0 Å². The molecule has 2 aliphatic carbocycles. The van der Waals surface area contributed by atoms with Crippen LogP contribution in [-0.2, 0) is 23.9 Å². The van der Waals surface area contributed by atoms with E-state index in [1.165, 1.54) is 0 Å². The van der Waals surface area contributed by atoms with Crippen LogP contribution in [0.1, 0.15) is 46.5 Å². The van der Waals surface area contributed by atoms with Crippen LogP contribution in [0, 0.1) is 23.7 Å². The van der Waals surface area contributed by atoms with E-state index in [9.17, 15) is 19.5 Å². The maximum Gasteiger partial charge on any atom is 0.346 e. The van der Waals surface area contributed by atoms with Crippen molar-refractivity contribution in [2.75, 3.05) is 0 Å². The zero-order valence-corrected chi connectivity index (χ0v) is 14.8. The van der Waals surface area contributed by atoms with Gasteiger partial charge in [0.1, 0.15) is 17.5 Å². The van der Waals surface area contributed by atoms with Crippen LogP contribution in [0.2, 0.25) is 0 Å². The molecule has 6 heteroatoms. The summed E-state index contributed by atoms with van der Waals surface area (Å²) in [5.41, 5.74) is -1.09. The Morgan fingerprint density at radius 2 is 1.84 bits per heavy atom. The third-order valence-electron chi connectivity index (χ3n) is 6.53. The average molecular weight is 348 g/mol. The van der Waals surface area contributed by atoms with Crippen LogP contribution in [0.25, 0.3) is 0 Å². The molecule has 3 heterocycles. The number of esters is 1. The number of fused-ring (bicyclic) bond motifs is 1. The highest BCUT2D eigenvalue weighted by Gasteiger charge is 2.67. The average Bonchev–Trinajstić information content (AvgIpc) is 2.83. The summed E-state index contributed by atoms with van der Waals surface area (Å²) in [4.78, 5) is 38.0. The Hall–Kier alpha value is -1.69. The summed E-state index contributed by atoms with van der Waals surface area (Å²) in [6, 6.07) is 0. The summed E-state index contributed by atoms with van der Waals surface area (Å²) in [7, 11) is 0. The van der Waals surface area contributed by atoms with Gasteiger partial charge in [0.05, 0.1) is 6.10 Å². The normalized spacial score (nSPS) is 46.6. The predicted octanol–water partition coefficient (Wildman–Crippen LogP) is 1.55. The number of hydrogen-bond acceptors (Lipinski definition) is 6. The van der Waals surface area contributed by atoms with Gasteiger partial charge in [0.25, 0.3) is 0 Å². The van der Waals surface area contributed by atoms with E-state index in [1.807, 2.05) is 13.8 Å². The lowest BCUT2D eigenvalue weighted by Crippen LogP contribution is -2.63. The second kappa shape index (κ2) is 5.40. The molecule has 3 aliphatic heterocycles. The third-order valence-corrected chi connectivity index (χ3v) is 6.53. The number of hydrogen-bond donors (Lipinski definition) is 1. The maximum absolute atomic E-state index is 12.9. The van der Waals surface area contributed by atoms with E-state index in [4.69, 9.17) is 9.47 Å².